The molecule has 11 aromatic rings. The van der Waals surface area contributed by atoms with E-state index in [4.69, 9.17) is 4.42 Å². The average molecular weight is 623 g/mol. The van der Waals surface area contributed by atoms with Gasteiger partial charge in [0.2, 0.25) is 0 Å². The summed E-state index contributed by atoms with van der Waals surface area (Å²) in [5.41, 5.74) is 14.1. The first-order valence-electron chi connectivity index (χ1n) is 16.9. The maximum atomic E-state index is 6.53. The van der Waals surface area contributed by atoms with Gasteiger partial charge >= 0.3 is 0 Å². The van der Waals surface area contributed by atoms with Crippen LogP contribution in [-0.2, 0) is 0 Å². The Morgan fingerprint density at radius 3 is 1.94 bits per heavy atom. The van der Waals surface area contributed by atoms with Gasteiger partial charge in [-0.1, -0.05) is 103 Å². The van der Waals surface area contributed by atoms with E-state index in [-0.39, 0.29) is 0 Å². The van der Waals surface area contributed by atoms with Crippen LogP contribution in [0.4, 0.5) is 0 Å². The number of para-hydroxylation sites is 3. The summed E-state index contributed by atoms with van der Waals surface area (Å²) < 4.78 is 11.5. The van der Waals surface area contributed by atoms with E-state index in [1.165, 1.54) is 76.6 Å². The summed E-state index contributed by atoms with van der Waals surface area (Å²) in [6.45, 7) is 0. The summed E-state index contributed by atoms with van der Waals surface area (Å²) in [5.74, 6) is 0. The Kier molecular flexibility index (Phi) is 4.72. The van der Waals surface area contributed by atoms with Gasteiger partial charge in [-0.25, -0.2) is 0 Å². The van der Waals surface area contributed by atoms with E-state index in [1.807, 2.05) is 0 Å². The predicted octanol–water partition coefficient (Wildman–Crippen LogP) is 12.6. The van der Waals surface area contributed by atoms with Crippen LogP contribution in [0.15, 0.2) is 162 Å². The van der Waals surface area contributed by atoms with E-state index >= 15 is 0 Å². The van der Waals surface area contributed by atoms with Crippen molar-refractivity contribution in [3.63, 3.8) is 0 Å². The maximum absolute atomic E-state index is 6.53. The molecular weight excluding hydrogens is 597 g/mol. The number of fused-ring (bicyclic) bond motifs is 14. The lowest BCUT2D eigenvalue weighted by atomic mass is 10.0. The molecule has 1 aliphatic rings. The number of nitrogens with zero attached hydrogens (tertiary/aromatic N) is 2. The molecule has 0 saturated carbocycles. The Hall–Kier alpha value is -6.58. The van der Waals surface area contributed by atoms with Gasteiger partial charge < -0.3 is 13.6 Å². The third kappa shape index (κ3) is 3.17. The highest BCUT2D eigenvalue weighted by atomic mass is 16.3. The molecule has 0 amide bonds. The maximum Gasteiger partial charge on any atom is 0.137 e. The second-order valence-corrected chi connectivity index (χ2v) is 13.3. The van der Waals surface area contributed by atoms with E-state index in [0.717, 1.165) is 33.3 Å². The summed E-state index contributed by atoms with van der Waals surface area (Å²) in [7, 11) is 0. The Morgan fingerprint density at radius 2 is 1.04 bits per heavy atom. The van der Waals surface area contributed by atoms with E-state index in [0.29, 0.717) is 0 Å². The van der Waals surface area contributed by atoms with Gasteiger partial charge in [0, 0.05) is 38.3 Å². The fraction of sp³-hybridized carbons (Fsp3) is 0. The Labute approximate surface area is 280 Å². The van der Waals surface area contributed by atoms with Gasteiger partial charge in [0.1, 0.15) is 11.2 Å². The molecule has 12 rings (SSSR count). The smallest absolute Gasteiger partial charge is 0.137 e. The normalized spacial score (nSPS) is 12.5. The fourth-order valence-electron chi connectivity index (χ4n) is 8.90. The summed E-state index contributed by atoms with van der Waals surface area (Å²) in [6.07, 6.45) is 0. The second-order valence-electron chi connectivity index (χ2n) is 13.3. The molecule has 1 aliphatic carbocycles. The summed E-state index contributed by atoms with van der Waals surface area (Å²) in [6, 6.07) is 57.5. The van der Waals surface area contributed by atoms with Gasteiger partial charge in [-0.05, 0) is 87.6 Å². The largest absolute Gasteiger partial charge is 0.456 e. The van der Waals surface area contributed by atoms with Crippen LogP contribution < -0.4 is 0 Å². The number of aromatic nitrogens is 2. The molecule has 49 heavy (non-hydrogen) atoms. The third-order valence-electron chi connectivity index (χ3n) is 10.8. The lowest BCUT2D eigenvalue weighted by molar-refractivity contribution is 0.669. The second kappa shape index (κ2) is 9.06. The van der Waals surface area contributed by atoms with Crippen LogP contribution in [0.5, 0.6) is 0 Å². The van der Waals surface area contributed by atoms with Crippen LogP contribution in [0.3, 0.4) is 0 Å². The van der Waals surface area contributed by atoms with Gasteiger partial charge in [0.05, 0.1) is 27.5 Å². The topological polar surface area (TPSA) is 23.0 Å². The minimum absolute atomic E-state index is 0.899. The molecule has 3 nitrogen and oxygen atoms in total. The average Bonchev–Trinajstić information content (AvgIpc) is 3.89. The predicted molar refractivity (Wildman–Crippen MR) is 204 cm³/mol. The number of hydrogen-bond donors (Lipinski definition) is 0. The van der Waals surface area contributed by atoms with Crippen molar-refractivity contribution in [3.05, 3.63) is 158 Å². The van der Waals surface area contributed by atoms with E-state index in [9.17, 15) is 0 Å². The van der Waals surface area contributed by atoms with Crippen LogP contribution in [0.2, 0.25) is 0 Å². The Balaban J connectivity index is 1.33. The molecule has 0 spiro atoms. The van der Waals surface area contributed by atoms with Gasteiger partial charge in [-0.2, -0.15) is 0 Å². The van der Waals surface area contributed by atoms with Crippen LogP contribution in [0, 0.1) is 0 Å². The Bertz CT molecular complexity index is 3210. The van der Waals surface area contributed by atoms with Crippen molar-refractivity contribution in [1.82, 2.24) is 9.13 Å². The van der Waals surface area contributed by atoms with Crippen molar-refractivity contribution in [1.29, 1.82) is 0 Å². The fourth-order valence-corrected chi connectivity index (χ4v) is 8.90. The summed E-state index contributed by atoms with van der Waals surface area (Å²) >= 11 is 0. The van der Waals surface area contributed by atoms with Crippen LogP contribution in [0.1, 0.15) is 0 Å². The lowest BCUT2D eigenvalue weighted by Gasteiger charge is -2.13. The Morgan fingerprint density at radius 1 is 0.347 bits per heavy atom. The first-order chi connectivity index (χ1) is 24.3. The van der Waals surface area contributed by atoms with E-state index in [1.54, 1.807) is 0 Å². The van der Waals surface area contributed by atoms with E-state index < -0.39 is 0 Å². The molecule has 3 heteroatoms. The molecule has 0 bridgehead atoms. The zero-order chi connectivity index (χ0) is 31.8. The van der Waals surface area contributed by atoms with Crippen molar-refractivity contribution < 1.29 is 4.42 Å². The first-order valence-corrected chi connectivity index (χ1v) is 16.9. The lowest BCUT2D eigenvalue weighted by Crippen LogP contribution is -1.96. The molecule has 0 saturated heterocycles. The standard InChI is InChI=1S/C46H26N2O/c1-2-12-28(13-3-1)47-38-19-8-6-16-32(38)34-21-23-39-43(45(34)47)36-22-24-41-44(35-17-7-9-20-40(35)49-41)46(36)48(39)29-25-27-11-10-18-33-30-14-4-5-15-31(30)37(26-29)42(27)33/h1-26H. The molecule has 8 aromatic carbocycles. The highest BCUT2D eigenvalue weighted by Gasteiger charge is 2.26. The molecular formula is C46H26N2O. The van der Waals surface area contributed by atoms with Crippen LogP contribution >= 0.6 is 0 Å². The first kappa shape index (κ1) is 25.5. The van der Waals surface area contributed by atoms with Gasteiger partial charge in [-0.15, -0.1) is 0 Å². The van der Waals surface area contributed by atoms with Gasteiger partial charge in [-0.3, -0.25) is 0 Å². The number of rotatable bonds is 2. The zero-order valence-electron chi connectivity index (χ0n) is 26.3. The highest BCUT2D eigenvalue weighted by Crippen LogP contribution is 2.50. The molecule has 226 valence electrons. The molecule has 0 atom stereocenters. The minimum Gasteiger partial charge on any atom is -0.456 e. The quantitative estimate of drug-likeness (QED) is 0.188. The van der Waals surface area contributed by atoms with Crippen LogP contribution in [-0.4, -0.2) is 9.13 Å². The summed E-state index contributed by atoms with van der Waals surface area (Å²) in [4.78, 5) is 0. The monoisotopic (exact) mass is 622 g/mol. The van der Waals surface area contributed by atoms with Crippen molar-refractivity contribution in [3.8, 4) is 33.6 Å². The molecule has 0 aliphatic heterocycles. The van der Waals surface area contributed by atoms with Gasteiger partial charge in [0.25, 0.3) is 0 Å². The van der Waals surface area contributed by atoms with Gasteiger partial charge in [0.15, 0.2) is 0 Å². The zero-order valence-corrected chi connectivity index (χ0v) is 26.3. The summed E-state index contributed by atoms with van der Waals surface area (Å²) in [5, 5.41) is 9.81. The van der Waals surface area contributed by atoms with Crippen molar-refractivity contribution >= 4 is 76.3 Å². The highest BCUT2D eigenvalue weighted by molar-refractivity contribution is 6.31. The van der Waals surface area contributed by atoms with Crippen molar-refractivity contribution in [2.24, 2.45) is 0 Å². The number of furan rings is 1. The van der Waals surface area contributed by atoms with Crippen molar-refractivity contribution in [2.75, 3.05) is 0 Å². The van der Waals surface area contributed by atoms with E-state index in [2.05, 4.69) is 167 Å². The molecule has 0 unspecified atom stereocenters. The number of hydrogen-bond acceptors (Lipinski definition) is 1. The molecule has 0 radical (unpaired) electrons. The SMILES string of the molecule is c1ccc(-n2c3ccccc3c3ccc4c(c5ccc6oc7ccccc7c6c5n4-c4cc5c6c(cccc6c4)-c4ccccc4-5)c32)cc1. The minimum atomic E-state index is 0.899. The van der Waals surface area contributed by atoms with Crippen molar-refractivity contribution in [2.45, 2.75) is 0 Å². The van der Waals surface area contributed by atoms with Crippen LogP contribution in [0.25, 0.3) is 110 Å². The molecule has 0 N–H and O–H groups in total. The number of benzene rings is 8. The molecule has 3 aromatic heterocycles. The molecule has 0 fully saturated rings. The molecule has 3 heterocycles. The third-order valence-corrected chi connectivity index (χ3v) is 10.8.